The van der Waals surface area contributed by atoms with Crippen molar-refractivity contribution in [3.8, 4) is 22.9 Å². The van der Waals surface area contributed by atoms with Crippen molar-refractivity contribution < 1.29 is 13.3 Å². The summed E-state index contributed by atoms with van der Waals surface area (Å²) < 4.78 is 19.1. The van der Waals surface area contributed by atoms with Crippen LogP contribution in [0.25, 0.3) is 88.3 Å². The maximum Gasteiger partial charge on any atom is 0.248 e. The fourth-order valence-corrected chi connectivity index (χ4v) is 7.59. The molecule has 0 unspecified atom stereocenters. The lowest BCUT2D eigenvalue weighted by molar-refractivity contribution is 0.584. The van der Waals surface area contributed by atoms with Gasteiger partial charge in [-0.05, 0) is 94.3 Å². The lowest BCUT2D eigenvalue weighted by atomic mass is 10.0. The molecule has 11 rings (SSSR count). The topological polar surface area (TPSA) is 68.4 Å². The Bertz CT molecular complexity index is 2980. The van der Waals surface area contributed by atoms with Crippen molar-refractivity contribution in [2.75, 3.05) is 4.90 Å². The molecule has 0 aliphatic carbocycles. The SMILES string of the molecule is c1ccc(-c2nnc(-c3ccc(N(c4ccc5c(c4)oc4ccc6ccccc6c45)c4ccc5c(c4)oc4ccc6ccccc6c45)cc3)o2)cc1. The Morgan fingerprint density at radius 1 is 0.346 bits per heavy atom. The Morgan fingerprint density at radius 2 is 0.827 bits per heavy atom. The van der Waals surface area contributed by atoms with Crippen LogP contribution in [0, 0.1) is 0 Å². The molecule has 0 aliphatic rings. The van der Waals surface area contributed by atoms with Crippen molar-refractivity contribution in [1.82, 2.24) is 10.2 Å². The minimum Gasteiger partial charge on any atom is -0.456 e. The predicted octanol–water partition coefficient (Wildman–Crippen LogP) is 13.0. The summed E-state index contributed by atoms with van der Waals surface area (Å²) in [5.74, 6) is 0.948. The summed E-state index contributed by atoms with van der Waals surface area (Å²) >= 11 is 0. The Morgan fingerprint density at radius 3 is 1.38 bits per heavy atom. The van der Waals surface area contributed by atoms with Crippen LogP contribution in [-0.2, 0) is 0 Å². The van der Waals surface area contributed by atoms with Crippen LogP contribution >= 0.6 is 0 Å². The average molecular weight is 670 g/mol. The van der Waals surface area contributed by atoms with Crippen LogP contribution < -0.4 is 4.90 Å². The van der Waals surface area contributed by atoms with Gasteiger partial charge in [-0.25, -0.2) is 0 Å². The molecule has 0 radical (unpaired) electrons. The molecule has 244 valence electrons. The van der Waals surface area contributed by atoms with E-state index in [0.717, 1.165) is 72.1 Å². The Labute approximate surface area is 296 Å². The highest BCUT2D eigenvalue weighted by atomic mass is 16.4. The molecule has 0 amide bonds. The molecule has 0 aliphatic heterocycles. The second-order valence-electron chi connectivity index (χ2n) is 13.0. The van der Waals surface area contributed by atoms with Crippen molar-refractivity contribution in [2.45, 2.75) is 0 Å². The van der Waals surface area contributed by atoms with Crippen LogP contribution in [0.2, 0.25) is 0 Å². The van der Waals surface area contributed by atoms with Gasteiger partial charge in [0.15, 0.2) is 0 Å². The minimum atomic E-state index is 0.462. The molecule has 0 saturated carbocycles. The minimum absolute atomic E-state index is 0.462. The fraction of sp³-hybridized carbons (Fsp3) is 0. The van der Waals surface area contributed by atoms with Gasteiger partial charge in [-0.3, -0.25) is 0 Å². The second-order valence-corrected chi connectivity index (χ2v) is 13.0. The Kier molecular flexibility index (Phi) is 6.15. The van der Waals surface area contributed by atoms with E-state index in [1.807, 2.05) is 42.5 Å². The zero-order valence-corrected chi connectivity index (χ0v) is 27.7. The van der Waals surface area contributed by atoms with Gasteiger partial charge >= 0.3 is 0 Å². The smallest absolute Gasteiger partial charge is 0.248 e. The van der Waals surface area contributed by atoms with Gasteiger partial charge in [-0.15, -0.1) is 10.2 Å². The number of fused-ring (bicyclic) bond motifs is 10. The van der Waals surface area contributed by atoms with E-state index in [-0.39, 0.29) is 0 Å². The van der Waals surface area contributed by atoms with Crippen LogP contribution in [0.15, 0.2) is 177 Å². The molecule has 6 nitrogen and oxygen atoms in total. The summed E-state index contributed by atoms with van der Waals surface area (Å²) in [5.41, 5.74) is 7.95. The third-order valence-electron chi connectivity index (χ3n) is 10.0. The lowest BCUT2D eigenvalue weighted by Crippen LogP contribution is -2.09. The normalized spacial score (nSPS) is 11.8. The quantitative estimate of drug-likeness (QED) is 0.182. The summed E-state index contributed by atoms with van der Waals surface area (Å²) in [6.45, 7) is 0. The molecule has 0 saturated heterocycles. The molecular weight excluding hydrogens is 643 g/mol. The number of rotatable bonds is 5. The van der Waals surface area contributed by atoms with Crippen LogP contribution in [0.4, 0.5) is 17.1 Å². The van der Waals surface area contributed by atoms with E-state index in [2.05, 4.69) is 136 Å². The largest absolute Gasteiger partial charge is 0.456 e. The highest BCUT2D eigenvalue weighted by molar-refractivity contribution is 6.20. The molecule has 6 heteroatoms. The molecule has 8 aromatic carbocycles. The molecule has 0 N–H and O–H groups in total. The number of nitrogens with zero attached hydrogens (tertiary/aromatic N) is 3. The zero-order valence-electron chi connectivity index (χ0n) is 27.7. The molecule has 0 atom stereocenters. The fourth-order valence-electron chi connectivity index (χ4n) is 7.59. The van der Waals surface area contributed by atoms with Crippen molar-refractivity contribution >= 4 is 82.5 Å². The second kappa shape index (κ2) is 11.2. The number of benzene rings is 8. The first-order valence-electron chi connectivity index (χ1n) is 17.2. The van der Waals surface area contributed by atoms with E-state index in [1.54, 1.807) is 0 Å². The Balaban J connectivity index is 1.07. The van der Waals surface area contributed by atoms with Gasteiger partial charge in [0, 0.05) is 61.9 Å². The van der Waals surface area contributed by atoms with Crippen LogP contribution in [0.1, 0.15) is 0 Å². The highest BCUT2D eigenvalue weighted by Gasteiger charge is 2.20. The Hall–Kier alpha value is -7.18. The number of furan rings is 2. The first kappa shape index (κ1) is 28.6. The summed E-state index contributed by atoms with van der Waals surface area (Å²) in [4.78, 5) is 2.22. The van der Waals surface area contributed by atoms with Gasteiger partial charge in [0.2, 0.25) is 11.8 Å². The monoisotopic (exact) mass is 669 g/mol. The van der Waals surface area contributed by atoms with Crippen molar-refractivity contribution in [3.05, 3.63) is 164 Å². The lowest BCUT2D eigenvalue weighted by Gasteiger charge is -2.25. The third kappa shape index (κ3) is 4.44. The van der Waals surface area contributed by atoms with E-state index in [0.29, 0.717) is 11.8 Å². The molecular formula is C46H27N3O3. The standard InChI is InChI=1S/C46H27N3O3/c1-2-10-30(11-3-1)45-47-48-46(52-45)31-14-18-32(19-15-31)49(33-20-22-37-41(26-33)50-39-24-16-28-8-4-6-12-35(28)43(37)39)34-21-23-38-42(27-34)51-40-25-17-29-9-5-7-13-36(29)44(38)40/h1-27H. The first-order chi connectivity index (χ1) is 25.7. The molecule has 52 heavy (non-hydrogen) atoms. The van der Waals surface area contributed by atoms with E-state index < -0.39 is 0 Å². The van der Waals surface area contributed by atoms with Crippen molar-refractivity contribution in [2.24, 2.45) is 0 Å². The van der Waals surface area contributed by atoms with Crippen LogP contribution in [0.3, 0.4) is 0 Å². The van der Waals surface area contributed by atoms with Crippen molar-refractivity contribution in [3.63, 3.8) is 0 Å². The summed E-state index contributed by atoms with van der Waals surface area (Å²) in [6.07, 6.45) is 0. The van der Waals surface area contributed by atoms with E-state index in [9.17, 15) is 0 Å². The zero-order chi connectivity index (χ0) is 34.2. The molecule has 0 bridgehead atoms. The van der Waals surface area contributed by atoms with E-state index in [1.165, 1.54) is 21.5 Å². The molecule has 3 aromatic heterocycles. The molecule has 0 fully saturated rings. The first-order valence-corrected chi connectivity index (χ1v) is 17.2. The summed E-state index contributed by atoms with van der Waals surface area (Å²) in [6, 6.07) is 56.1. The van der Waals surface area contributed by atoms with Gasteiger partial charge in [0.05, 0.1) is 0 Å². The van der Waals surface area contributed by atoms with Crippen LogP contribution in [0.5, 0.6) is 0 Å². The van der Waals surface area contributed by atoms with Gasteiger partial charge in [-0.2, -0.15) is 0 Å². The summed E-state index contributed by atoms with van der Waals surface area (Å²) in [7, 11) is 0. The van der Waals surface area contributed by atoms with Gasteiger partial charge in [0.1, 0.15) is 22.3 Å². The van der Waals surface area contributed by atoms with Crippen molar-refractivity contribution in [1.29, 1.82) is 0 Å². The van der Waals surface area contributed by atoms with E-state index >= 15 is 0 Å². The summed E-state index contributed by atoms with van der Waals surface area (Å²) in [5, 5.41) is 17.8. The van der Waals surface area contributed by atoms with Crippen LogP contribution in [-0.4, -0.2) is 10.2 Å². The molecule has 11 aromatic rings. The highest BCUT2D eigenvalue weighted by Crippen LogP contribution is 2.43. The maximum absolute atomic E-state index is 6.52. The van der Waals surface area contributed by atoms with Gasteiger partial charge < -0.3 is 18.2 Å². The number of anilines is 3. The van der Waals surface area contributed by atoms with Gasteiger partial charge in [0.25, 0.3) is 0 Å². The predicted molar refractivity (Wildman–Crippen MR) is 209 cm³/mol. The average Bonchev–Trinajstić information content (AvgIpc) is 3.94. The number of hydrogen-bond acceptors (Lipinski definition) is 6. The maximum atomic E-state index is 6.52. The molecule has 3 heterocycles. The van der Waals surface area contributed by atoms with E-state index in [4.69, 9.17) is 13.3 Å². The van der Waals surface area contributed by atoms with Gasteiger partial charge in [-0.1, -0.05) is 78.9 Å². The number of hydrogen-bond donors (Lipinski definition) is 0. The third-order valence-corrected chi connectivity index (χ3v) is 10.0. The number of aromatic nitrogens is 2. The molecule has 0 spiro atoms.